The van der Waals surface area contributed by atoms with Crippen LogP contribution in [0.1, 0.15) is 19.0 Å². The smallest absolute Gasteiger partial charge is 0.317 e. The maximum absolute atomic E-state index is 12.1. The number of nitrogens with zero attached hydrogens (tertiary/aromatic N) is 2. The van der Waals surface area contributed by atoms with Gasteiger partial charge in [-0.15, -0.1) is 11.3 Å². The van der Waals surface area contributed by atoms with Gasteiger partial charge >= 0.3 is 12.0 Å². The molecule has 2 aromatic heterocycles. The number of hydrogen-bond donors (Lipinski definition) is 2. The van der Waals surface area contributed by atoms with Gasteiger partial charge in [-0.1, -0.05) is 0 Å². The van der Waals surface area contributed by atoms with Crippen molar-refractivity contribution in [3.8, 4) is 10.8 Å². The van der Waals surface area contributed by atoms with Crippen LogP contribution in [-0.4, -0.2) is 40.1 Å². The van der Waals surface area contributed by atoms with Crippen LogP contribution in [0.3, 0.4) is 0 Å². The van der Waals surface area contributed by atoms with E-state index < -0.39 is 11.4 Å². The molecule has 7 nitrogen and oxygen atoms in total. The van der Waals surface area contributed by atoms with Crippen molar-refractivity contribution >= 4 is 23.3 Å². The molecular weight excluding hydrogens is 318 g/mol. The van der Waals surface area contributed by atoms with Crippen LogP contribution in [0.25, 0.3) is 10.8 Å². The molecule has 0 aliphatic carbocycles. The van der Waals surface area contributed by atoms with E-state index in [1.54, 1.807) is 19.3 Å². The van der Waals surface area contributed by atoms with E-state index in [2.05, 4.69) is 10.3 Å². The lowest BCUT2D eigenvalue weighted by Crippen LogP contribution is -2.40. The fourth-order valence-electron chi connectivity index (χ4n) is 2.49. The molecule has 0 spiro atoms. The van der Waals surface area contributed by atoms with Crippen LogP contribution in [0.2, 0.25) is 0 Å². The quantitative estimate of drug-likeness (QED) is 0.894. The van der Waals surface area contributed by atoms with Crippen molar-refractivity contribution in [2.24, 2.45) is 5.41 Å². The minimum Gasteiger partial charge on any atom is -0.481 e. The van der Waals surface area contributed by atoms with Crippen molar-refractivity contribution in [2.45, 2.75) is 19.9 Å². The average Bonchev–Trinajstić information content (AvgIpc) is 3.25. The molecule has 2 N–H and O–H groups in total. The number of carbonyl (C=O) groups excluding carboxylic acids is 1. The first kappa shape index (κ1) is 15.5. The number of aliphatic carboxylic acids is 1. The molecule has 2 amide bonds. The second-order valence-electron chi connectivity index (χ2n) is 5.82. The Labute approximate surface area is 136 Å². The molecule has 1 atom stereocenters. The lowest BCUT2D eigenvalue weighted by Gasteiger charge is -2.20. The topological polar surface area (TPSA) is 95.7 Å². The molecule has 1 fully saturated rings. The molecule has 8 heteroatoms. The Kier molecular flexibility index (Phi) is 4.08. The summed E-state index contributed by atoms with van der Waals surface area (Å²) in [6.45, 7) is 2.64. The van der Waals surface area contributed by atoms with Crippen LogP contribution in [0.15, 0.2) is 28.2 Å². The normalized spacial score (nSPS) is 20.7. The molecule has 122 valence electrons. The van der Waals surface area contributed by atoms with E-state index in [9.17, 15) is 14.7 Å². The highest BCUT2D eigenvalue weighted by atomic mass is 32.1. The molecule has 3 heterocycles. The van der Waals surface area contributed by atoms with Crippen molar-refractivity contribution in [1.82, 2.24) is 15.2 Å². The van der Waals surface area contributed by atoms with Crippen molar-refractivity contribution < 1.29 is 19.1 Å². The van der Waals surface area contributed by atoms with E-state index in [-0.39, 0.29) is 12.6 Å². The van der Waals surface area contributed by atoms with Gasteiger partial charge in [0.1, 0.15) is 0 Å². The van der Waals surface area contributed by atoms with E-state index in [1.165, 1.54) is 16.2 Å². The predicted molar refractivity (Wildman–Crippen MR) is 84.0 cm³/mol. The van der Waals surface area contributed by atoms with Gasteiger partial charge in [0, 0.05) is 18.5 Å². The molecule has 0 bridgehead atoms. The third-order valence-corrected chi connectivity index (χ3v) is 4.89. The van der Waals surface area contributed by atoms with Gasteiger partial charge in [-0.3, -0.25) is 4.79 Å². The van der Waals surface area contributed by atoms with Crippen molar-refractivity contribution in [3.05, 3.63) is 29.5 Å². The van der Waals surface area contributed by atoms with Gasteiger partial charge in [-0.25, -0.2) is 9.78 Å². The first-order chi connectivity index (χ1) is 11.0. The second kappa shape index (κ2) is 6.04. The summed E-state index contributed by atoms with van der Waals surface area (Å²) in [6.07, 6.45) is 2.06. The van der Waals surface area contributed by atoms with Gasteiger partial charge in [-0.2, -0.15) is 0 Å². The van der Waals surface area contributed by atoms with Gasteiger partial charge in [-0.05, 0) is 25.5 Å². The second-order valence-corrected chi connectivity index (χ2v) is 6.68. The van der Waals surface area contributed by atoms with Crippen molar-refractivity contribution in [2.75, 3.05) is 13.1 Å². The highest BCUT2D eigenvalue weighted by Gasteiger charge is 2.42. The first-order valence-electron chi connectivity index (χ1n) is 7.22. The highest BCUT2D eigenvalue weighted by Crippen LogP contribution is 2.30. The van der Waals surface area contributed by atoms with E-state index in [0.717, 1.165) is 10.7 Å². The molecule has 1 saturated heterocycles. The molecule has 3 rings (SSSR count). The minimum atomic E-state index is -0.865. The highest BCUT2D eigenvalue weighted by molar-refractivity contribution is 7.13. The number of thiazole rings is 1. The molecule has 1 aliphatic heterocycles. The largest absolute Gasteiger partial charge is 0.481 e. The number of carboxylic acid groups (broad SMARTS) is 1. The van der Waals surface area contributed by atoms with Crippen LogP contribution >= 0.6 is 11.3 Å². The van der Waals surface area contributed by atoms with Crippen LogP contribution < -0.4 is 5.32 Å². The average molecular weight is 335 g/mol. The predicted octanol–water partition coefficient (Wildman–Crippen LogP) is 2.41. The number of nitrogens with one attached hydrogen (secondary N) is 1. The summed E-state index contributed by atoms with van der Waals surface area (Å²) < 4.78 is 5.28. The van der Waals surface area contributed by atoms with E-state index >= 15 is 0 Å². The van der Waals surface area contributed by atoms with E-state index in [4.69, 9.17) is 4.42 Å². The number of likely N-dealkylation sites (tertiary alicyclic amines) is 1. The van der Waals surface area contributed by atoms with Gasteiger partial charge in [0.15, 0.2) is 10.8 Å². The van der Waals surface area contributed by atoms with Crippen molar-refractivity contribution in [3.63, 3.8) is 0 Å². The lowest BCUT2D eigenvalue weighted by atomic mass is 9.90. The number of urea groups is 1. The van der Waals surface area contributed by atoms with Gasteiger partial charge in [0.05, 0.1) is 23.9 Å². The fourth-order valence-corrected chi connectivity index (χ4v) is 3.27. The number of carbonyl (C=O) groups is 2. The Bertz CT molecular complexity index is 712. The van der Waals surface area contributed by atoms with Gasteiger partial charge in [0.2, 0.25) is 0 Å². The SMILES string of the molecule is CC1(C(=O)O)CCN(C(=O)NCc2csc(-c3ccco3)n2)C1. The maximum atomic E-state index is 12.1. The Morgan fingerprint density at radius 3 is 3.04 bits per heavy atom. The molecule has 2 aromatic rings. The standard InChI is InChI=1S/C15H17N3O4S/c1-15(13(19)20)4-5-18(9-15)14(21)16-7-10-8-23-12(17-10)11-3-2-6-22-11/h2-3,6,8H,4-5,7,9H2,1H3,(H,16,21)(H,19,20). The van der Waals surface area contributed by atoms with Crippen LogP contribution in [0.4, 0.5) is 4.79 Å². The minimum absolute atomic E-state index is 0.225. The lowest BCUT2D eigenvalue weighted by molar-refractivity contribution is -0.147. The summed E-state index contributed by atoms with van der Waals surface area (Å²) in [4.78, 5) is 29.3. The van der Waals surface area contributed by atoms with Gasteiger partial charge in [0.25, 0.3) is 0 Å². The zero-order valence-corrected chi connectivity index (χ0v) is 13.4. The van der Waals surface area contributed by atoms with E-state index in [0.29, 0.717) is 25.3 Å². The first-order valence-corrected chi connectivity index (χ1v) is 8.10. The summed E-state index contributed by atoms with van der Waals surface area (Å²) in [5.41, 5.74) is -0.111. The number of carboxylic acids is 1. The van der Waals surface area contributed by atoms with E-state index in [1.807, 2.05) is 11.4 Å². The number of amides is 2. The molecule has 0 aromatic carbocycles. The number of rotatable bonds is 4. The summed E-state index contributed by atoms with van der Waals surface area (Å²) in [5.74, 6) is -0.167. The third-order valence-electron chi connectivity index (χ3n) is 3.98. The van der Waals surface area contributed by atoms with Gasteiger partial charge < -0.3 is 19.7 Å². The molecule has 0 radical (unpaired) electrons. The number of furan rings is 1. The van der Waals surface area contributed by atoms with Crippen molar-refractivity contribution in [1.29, 1.82) is 0 Å². The molecule has 1 unspecified atom stereocenters. The maximum Gasteiger partial charge on any atom is 0.317 e. The Balaban J connectivity index is 1.55. The molecule has 23 heavy (non-hydrogen) atoms. The third kappa shape index (κ3) is 3.21. The van der Waals surface area contributed by atoms with Crippen LogP contribution in [0.5, 0.6) is 0 Å². The summed E-state index contributed by atoms with van der Waals surface area (Å²) >= 11 is 1.45. The zero-order valence-electron chi connectivity index (χ0n) is 12.6. The number of hydrogen-bond acceptors (Lipinski definition) is 5. The Morgan fingerprint density at radius 2 is 2.39 bits per heavy atom. The Hall–Kier alpha value is -2.35. The molecule has 1 aliphatic rings. The zero-order chi connectivity index (χ0) is 16.4. The van der Waals surface area contributed by atoms with Crippen LogP contribution in [0, 0.1) is 5.41 Å². The molecular formula is C15H17N3O4S. The fraction of sp³-hybridized carbons (Fsp3) is 0.400. The monoisotopic (exact) mass is 335 g/mol. The summed E-state index contributed by atoms with van der Waals surface area (Å²) in [5, 5.41) is 14.6. The number of aromatic nitrogens is 1. The molecule has 0 saturated carbocycles. The van der Waals surface area contributed by atoms with Crippen LogP contribution in [-0.2, 0) is 11.3 Å². The Morgan fingerprint density at radius 1 is 1.57 bits per heavy atom. The summed E-state index contributed by atoms with van der Waals surface area (Å²) in [6, 6.07) is 3.37. The summed E-state index contributed by atoms with van der Waals surface area (Å²) in [7, 11) is 0.